The quantitative estimate of drug-likeness (QED) is 0.912. The molecule has 20 heavy (non-hydrogen) atoms. The van der Waals surface area contributed by atoms with Crippen molar-refractivity contribution in [3.05, 3.63) is 70.5 Å². The van der Waals surface area contributed by atoms with Crippen LogP contribution in [0.5, 0.6) is 0 Å². The molecule has 0 amide bonds. The van der Waals surface area contributed by atoms with Gasteiger partial charge in [0.15, 0.2) is 0 Å². The second kappa shape index (κ2) is 6.84. The van der Waals surface area contributed by atoms with Crippen molar-refractivity contribution in [3.63, 3.8) is 0 Å². The minimum Gasteiger partial charge on any atom is -0.329 e. The Labute approximate surface area is 124 Å². The molecule has 0 aromatic heterocycles. The highest BCUT2D eigenvalue weighted by atomic mass is 35.5. The van der Waals surface area contributed by atoms with E-state index in [1.165, 1.54) is 6.07 Å². The lowest BCUT2D eigenvalue weighted by atomic mass is 10.0. The number of benzene rings is 2. The highest BCUT2D eigenvalue weighted by Crippen LogP contribution is 2.22. The minimum absolute atomic E-state index is 0.0792. The van der Waals surface area contributed by atoms with E-state index in [2.05, 4.69) is 4.90 Å². The third kappa shape index (κ3) is 3.79. The smallest absolute Gasteiger partial charge is 0.123 e. The molecule has 0 aliphatic carbocycles. The van der Waals surface area contributed by atoms with Gasteiger partial charge in [-0.25, -0.2) is 4.39 Å². The molecule has 4 heteroatoms. The fourth-order valence-corrected chi connectivity index (χ4v) is 2.41. The molecule has 0 heterocycles. The summed E-state index contributed by atoms with van der Waals surface area (Å²) in [5.41, 5.74) is 7.92. The van der Waals surface area contributed by atoms with Crippen molar-refractivity contribution in [2.75, 3.05) is 13.6 Å². The van der Waals surface area contributed by atoms with Gasteiger partial charge in [0.1, 0.15) is 5.82 Å². The van der Waals surface area contributed by atoms with Crippen LogP contribution >= 0.6 is 11.6 Å². The Balaban J connectivity index is 2.13. The largest absolute Gasteiger partial charge is 0.329 e. The molecule has 0 aliphatic heterocycles. The van der Waals surface area contributed by atoms with Crippen molar-refractivity contribution >= 4 is 11.6 Å². The standard InChI is InChI=1S/C16H18ClFN2/c1-20(11-12-3-2-4-15(18)9-12)16(10-19)13-5-7-14(17)8-6-13/h2-9,16H,10-11,19H2,1H3. The number of rotatable bonds is 5. The van der Waals surface area contributed by atoms with Crippen LogP contribution in [0.3, 0.4) is 0 Å². The minimum atomic E-state index is -0.216. The van der Waals surface area contributed by atoms with Gasteiger partial charge >= 0.3 is 0 Å². The summed E-state index contributed by atoms with van der Waals surface area (Å²) in [6.45, 7) is 1.13. The van der Waals surface area contributed by atoms with E-state index in [4.69, 9.17) is 17.3 Å². The first-order valence-electron chi connectivity index (χ1n) is 6.50. The summed E-state index contributed by atoms with van der Waals surface area (Å²) >= 11 is 5.90. The number of likely N-dealkylation sites (N-methyl/N-ethyl adjacent to an activating group) is 1. The van der Waals surface area contributed by atoms with Gasteiger partial charge in [-0.15, -0.1) is 0 Å². The molecule has 1 atom stereocenters. The Morgan fingerprint density at radius 2 is 1.90 bits per heavy atom. The predicted molar refractivity (Wildman–Crippen MR) is 81.1 cm³/mol. The number of nitrogens with zero attached hydrogens (tertiary/aromatic N) is 1. The Bertz CT molecular complexity index is 557. The predicted octanol–water partition coefficient (Wildman–Crippen LogP) is 3.61. The monoisotopic (exact) mass is 292 g/mol. The van der Waals surface area contributed by atoms with E-state index in [-0.39, 0.29) is 11.9 Å². The first-order chi connectivity index (χ1) is 9.60. The summed E-state index contributed by atoms with van der Waals surface area (Å²) in [7, 11) is 1.98. The lowest BCUT2D eigenvalue weighted by molar-refractivity contribution is 0.241. The number of hydrogen-bond donors (Lipinski definition) is 1. The van der Waals surface area contributed by atoms with E-state index < -0.39 is 0 Å². The van der Waals surface area contributed by atoms with Crippen molar-refractivity contribution in [3.8, 4) is 0 Å². The summed E-state index contributed by atoms with van der Waals surface area (Å²) in [4.78, 5) is 2.11. The van der Waals surface area contributed by atoms with Crippen LogP contribution in [0.2, 0.25) is 5.02 Å². The maximum absolute atomic E-state index is 13.2. The molecule has 2 nitrogen and oxygen atoms in total. The van der Waals surface area contributed by atoms with E-state index in [1.54, 1.807) is 12.1 Å². The Kier molecular flexibility index (Phi) is 5.12. The van der Waals surface area contributed by atoms with Crippen molar-refractivity contribution in [1.82, 2.24) is 4.90 Å². The summed E-state index contributed by atoms with van der Waals surface area (Å²) in [6.07, 6.45) is 0. The highest BCUT2D eigenvalue weighted by Gasteiger charge is 2.15. The first kappa shape index (κ1) is 15.0. The summed E-state index contributed by atoms with van der Waals surface area (Å²) in [5, 5.41) is 0.706. The topological polar surface area (TPSA) is 29.3 Å². The van der Waals surface area contributed by atoms with Crippen LogP contribution in [0.25, 0.3) is 0 Å². The maximum atomic E-state index is 13.2. The molecule has 106 valence electrons. The first-order valence-corrected chi connectivity index (χ1v) is 6.88. The van der Waals surface area contributed by atoms with Gasteiger partial charge in [0.25, 0.3) is 0 Å². The Hall–Kier alpha value is -1.42. The van der Waals surface area contributed by atoms with Crippen LogP contribution in [-0.4, -0.2) is 18.5 Å². The third-order valence-electron chi connectivity index (χ3n) is 3.33. The second-order valence-electron chi connectivity index (χ2n) is 4.85. The van der Waals surface area contributed by atoms with Gasteiger partial charge in [0.2, 0.25) is 0 Å². The van der Waals surface area contributed by atoms with Crippen molar-refractivity contribution in [2.24, 2.45) is 5.73 Å². The molecule has 2 rings (SSSR count). The molecular formula is C16H18ClFN2. The lowest BCUT2D eigenvalue weighted by Crippen LogP contribution is -2.30. The second-order valence-corrected chi connectivity index (χ2v) is 5.28. The molecule has 0 saturated heterocycles. The van der Waals surface area contributed by atoms with Gasteiger partial charge < -0.3 is 5.73 Å². The van der Waals surface area contributed by atoms with Gasteiger partial charge in [0.05, 0.1) is 0 Å². The van der Waals surface area contributed by atoms with E-state index >= 15 is 0 Å². The van der Waals surface area contributed by atoms with E-state index in [0.29, 0.717) is 18.1 Å². The van der Waals surface area contributed by atoms with Crippen LogP contribution in [0.4, 0.5) is 4.39 Å². The van der Waals surface area contributed by atoms with Crippen LogP contribution in [0.15, 0.2) is 48.5 Å². The maximum Gasteiger partial charge on any atom is 0.123 e. The van der Waals surface area contributed by atoms with Crippen LogP contribution < -0.4 is 5.73 Å². The van der Waals surface area contributed by atoms with E-state index in [9.17, 15) is 4.39 Å². The van der Waals surface area contributed by atoms with Crippen molar-refractivity contribution in [1.29, 1.82) is 0 Å². The summed E-state index contributed by atoms with van der Waals surface area (Å²) in [6, 6.07) is 14.4. The molecule has 0 bridgehead atoms. The molecule has 0 fully saturated rings. The van der Waals surface area contributed by atoms with Crippen molar-refractivity contribution < 1.29 is 4.39 Å². The Morgan fingerprint density at radius 1 is 1.20 bits per heavy atom. The van der Waals surface area contributed by atoms with E-state index in [0.717, 1.165) is 11.1 Å². The lowest BCUT2D eigenvalue weighted by Gasteiger charge is -2.27. The van der Waals surface area contributed by atoms with Crippen LogP contribution in [0.1, 0.15) is 17.2 Å². The van der Waals surface area contributed by atoms with Gasteiger partial charge in [-0.2, -0.15) is 0 Å². The summed E-state index contributed by atoms with van der Waals surface area (Å²) in [5.74, 6) is -0.216. The van der Waals surface area contributed by atoms with Crippen LogP contribution in [-0.2, 0) is 6.54 Å². The van der Waals surface area contributed by atoms with Gasteiger partial charge in [-0.05, 0) is 42.4 Å². The number of nitrogens with two attached hydrogens (primary N) is 1. The Morgan fingerprint density at radius 3 is 2.50 bits per heavy atom. The summed E-state index contributed by atoms with van der Waals surface area (Å²) < 4.78 is 13.2. The molecule has 1 unspecified atom stereocenters. The average molecular weight is 293 g/mol. The van der Waals surface area contributed by atoms with Crippen LogP contribution in [0, 0.1) is 5.82 Å². The average Bonchev–Trinajstić information content (AvgIpc) is 2.42. The molecular weight excluding hydrogens is 275 g/mol. The third-order valence-corrected chi connectivity index (χ3v) is 3.58. The molecule has 2 aromatic carbocycles. The van der Waals surface area contributed by atoms with Gasteiger partial charge in [-0.3, -0.25) is 4.90 Å². The van der Waals surface area contributed by atoms with Gasteiger partial charge in [-0.1, -0.05) is 35.9 Å². The number of halogens is 2. The normalized spacial score (nSPS) is 12.7. The number of hydrogen-bond acceptors (Lipinski definition) is 2. The fraction of sp³-hybridized carbons (Fsp3) is 0.250. The van der Waals surface area contributed by atoms with Gasteiger partial charge in [0, 0.05) is 24.2 Å². The van der Waals surface area contributed by atoms with E-state index in [1.807, 2.05) is 37.4 Å². The van der Waals surface area contributed by atoms with Crippen molar-refractivity contribution in [2.45, 2.75) is 12.6 Å². The molecule has 0 radical (unpaired) electrons. The fourth-order valence-electron chi connectivity index (χ4n) is 2.29. The molecule has 0 spiro atoms. The SMILES string of the molecule is CN(Cc1cccc(F)c1)C(CN)c1ccc(Cl)cc1. The zero-order valence-electron chi connectivity index (χ0n) is 11.4. The zero-order valence-corrected chi connectivity index (χ0v) is 12.1. The molecule has 0 aliphatic rings. The molecule has 2 N–H and O–H groups in total. The zero-order chi connectivity index (χ0) is 14.5. The molecule has 0 saturated carbocycles. The highest BCUT2D eigenvalue weighted by molar-refractivity contribution is 6.30. The molecule has 2 aromatic rings.